The molecule has 1 fully saturated rings. The van der Waals surface area contributed by atoms with Crippen molar-refractivity contribution in [3.05, 3.63) is 0 Å². The van der Waals surface area contributed by atoms with E-state index in [1.165, 1.54) is 12.8 Å². The number of nitrogens with one attached hydrogen (secondary N) is 1. The molecule has 0 spiro atoms. The molecular formula is C13H26N2O2S. The number of hydrogen-bond acceptors (Lipinski definition) is 4. The van der Waals surface area contributed by atoms with Gasteiger partial charge in [-0.25, -0.2) is 0 Å². The highest BCUT2D eigenvalue weighted by Gasteiger charge is 2.24. The molecule has 0 saturated carbocycles. The standard InChI is InChI=1S/C13H26N2O2S/c1-2-3-4-7-14-13(16)12-5-8-15(9-6-12)10-11-17-18/h12,18H,2-11H2,1H3,(H,14,16). The fraction of sp³-hybridized carbons (Fsp3) is 0.923. The predicted octanol–water partition coefficient (Wildman–Crippen LogP) is 1.87. The van der Waals surface area contributed by atoms with Gasteiger partial charge >= 0.3 is 0 Å². The molecule has 1 saturated heterocycles. The molecule has 1 heterocycles. The van der Waals surface area contributed by atoms with Crippen molar-refractivity contribution in [2.45, 2.75) is 39.0 Å². The van der Waals surface area contributed by atoms with Crippen molar-refractivity contribution < 1.29 is 8.98 Å². The predicted molar refractivity (Wildman–Crippen MR) is 76.6 cm³/mol. The first kappa shape index (κ1) is 15.8. The molecule has 1 amide bonds. The minimum atomic E-state index is 0.208. The first-order valence-electron chi connectivity index (χ1n) is 7.04. The van der Waals surface area contributed by atoms with Crippen LogP contribution in [0.3, 0.4) is 0 Å². The lowest BCUT2D eigenvalue weighted by Crippen LogP contribution is -2.41. The lowest BCUT2D eigenvalue weighted by molar-refractivity contribution is -0.126. The molecule has 0 aromatic rings. The van der Waals surface area contributed by atoms with Crippen LogP contribution in [0.15, 0.2) is 0 Å². The molecule has 18 heavy (non-hydrogen) atoms. The Morgan fingerprint density at radius 3 is 2.72 bits per heavy atom. The third kappa shape index (κ3) is 6.07. The summed E-state index contributed by atoms with van der Waals surface area (Å²) in [6, 6.07) is 0. The van der Waals surface area contributed by atoms with Gasteiger partial charge in [-0.2, -0.15) is 0 Å². The van der Waals surface area contributed by atoms with Gasteiger partial charge in [0.15, 0.2) is 0 Å². The Kier molecular flexibility index (Phi) is 8.46. The molecule has 1 aliphatic heterocycles. The molecule has 106 valence electrons. The molecule has 1 aliphatic rings. The summed E-state index contributed by atoms with van der Waals surface area (Å²) in [6.07, 6.45) is 5.42. The highest BCUT2D eigenvalue weighted by Crippen LogP contribution is 2.17. The van der Waals surface area contributed by atoms with E-state index in [4.69, 9.17) is 4.18 Å². The van der Waals surface area contributed by atoms with Crippen LogP contribution in [0, 0.1) is 5.92 Å². The van der Waals surface area contributed by atoms with E-state index in [2.05, 4.69) is 30.1 Å². The minimum Gasteiger partial charge on any atom is -0.356 e. The van der Waals surface area contributed by atoms with E-state index in [0.29, 0.717) is 6.61 Å². The van der Waals surface area contributed by atoms with E-state index in [1.54, 1.807) is 0 Å². The van der Waals surface area contributed by atoms with Gasteiger partial charge in [-0.1, -0.05) is 19.8 Å². The van der Waals surface area contributed by atoms with Crippen molar-refractivity contribution >= 4 is 18.8 Å². The normalized spacial score (nSPS) is 17.9. The number of rotatable bonds is 8. The number of carbonyl (C=O) groups is 1. The summed E-state index contributed by atoms with van der Waals surface area (Å²) in [5.74, 6) is 0.455. The Morgan fingerprint density at radius 1 is 1.39 bits per heavy atom. The Morgan fingerprint density at radius 2 is 2.11 bits per heavy atom. The van der Waals surface area contributed by atoms with Gasteiger partial charge in [0.05, 0.1) is 6.61 Å². The van der Waals surface area contributed by atoms with Gasteiger partial charge in [0.1, 0.15) is 0 Å². The van der Waals surface area contributed by atoms with Crippen LogP contribution in [0.5, 0.6) is 0 Å². The van der Waals surface area contributed by atoms with E-state index in [-0.39, 0.29) is 11.8 Å². The molecule has 1 N–H and O–H groups in total. The molecule has 0 unspecified atom stereocenters. The van der Waals surface area contributed by atoms with Gasteiger partial charge in [0.25, 0.3) is 0 Å². The van der Waals surface area contributed by atoms with Crippen molar-refractivity contribution in [3.63, 3.8) is 0 Å². The summed E-state index contributed by atoms with van der Waals surface area (Å²) in [5.41, 5.74) is 0. The van der Waals surface area contributed by atoms with E-state index >= 15 is 0 Å². The Balaban J connectivity index is 2.11. The molecule has 0 radical (unpaired) electrons. The molecular weight excluding hydrogens is 248 g/mol. The van der Waals surface area contributed by atoms with Crippen molar-refractivity contribution in [3.8, 4) is 0 Å². The number of thiol groups is 1. The topological polar surface area (TPSA) is 41.6 Å². The summed E-state index contributed by atoms with van der Waals surface area (Å²) < 4.78 is 4.77. The zero-order valence-corrected chi connectivity index (χ0v) is 12.3. The van der Waals surface area contributed by atoms with Gasteiger partial charge in [-0.3, -0.25) is 4.79 Å². The average Bonchev–Trinajstić information content (AvgIpc) is 2.41. The van der Waals surface area contributed by atoms with Gasteiger partial charge in [0, 0.05) is 19.0 Å². The highest BCUT2D eigenvalue weighted by atomic mass is 32.1. The molecule has 0 aliphatic carbocycles. The van der Waals surface area contributed by atoms with Crippen LogP contribution in [0.4, 0.5) is 0 Å². The van der Waals surface area contributed by atoms with Crippen LogP contribution < -0.4 is 5.32 Å². The quantitative estimate of drug-likeness (QED) is 0.403. The summed E-state index contributed by atoms with van der Waals surface area (Å²) >= 11 is 3.74. The number of piperidine rings is 1. The summed E-state index contributed by atoms with van der Waals surface area (Å²) in [6.45, 7) is 6.55. The van der Waals surface area contributed by atoms with Crippen LogP contribution in [0.1, 0.15) is 39.0 Å². The number of nitrogens with zero attached hydrogens (tertiary/aromatic N) is 1. The SMILES string of the molecule is CCCCCNC(=O)C1CCN(CCOS)CC1. The van der Waals surface area contributed by atoms with Crippen molar-refractivity contribution in [2.24, 2.45) is 5.92 Å². The monoisotopic (exact) mass is 274 g/mol. The second-order valence-corrected chi connectivity index (χ2v) is 5.21. The van der Waals surface area contributed by atoms with Crippen LogP contribution in [-0.2, 0) is 8.98 Å². The molecule has 0 aromatic carbocycles. The molecule has 0 aromatic heterocycles. The maximum atomic E-state index is 11.9. The van der Waals surface area contributed by atoms with Gasteiger partial charge in [-0.15, -0.1) is 0 Å². The maximum absolute atomic E-state index is 11.9. The van der Waals surface area contributed by atoms with Crippen molar-refractivity contribution in [2.75, 3.05) is 32.8 Å². The van der Waals surface area contributed by atoms with E-state index in [9.17, 15) is 4.79 Å². The van der Waals surface area contributed by atoms with Crippen LogP contribution >= 0.6 is 12.9 Å². The zero-order chi connectivity index (χ0) is 13.2. The second kappa shape index (κ2) is 9.64. The molecule has 5 heteroatoms. The highest BCUT2D eigenvalue weighted by molar-refractivity contribution is 7.75. The Hall–Kier alpha value is -0.260. The summed E-state index contributed by atoms with van der Waals surface area (Å²) in [7, 11) is 0. The Labute approximate surface area is 116 Å². The molecule has 0 atom stereocenters. The third-order valence-corrected chi connectivity index (χ3v) is 3.72. The fourth-order valence-electron chi connectivity index (χ4n) is 2.32. The lowest BCUT2D eigenvalue weighted by atomic mass is 9.96. The second-order valence-electron chi connectivity index (χ2n) is 4.95. The first-order valence-corrected chi connectivity index (χ1v) is 7.41. The van der Waals surface area contributed by atoms with Crippen molar-refractivity contribution in [1.82, 2.24) is 10.2 Å². The van der Waals surface area contributed by atoms with Crippen LogP contribution in [0.25, 0.3) is 0 Å². The lowest BCUT2D eigenvalue weighted by Gasteiger charge is -2.30. The number of likely N-dealkylation sites (tertiary alicyclic amines) is 1. The van der Waals surface area contributed by atoms with E-state index in [0.717, 1.165) is 45.4 Å². The average molecular weight is 274 g/mol. The molecule has 0 bridgehead atoms. The van der Waals surface area contributed by atoms with E-state index in [1.807, 2.05) is 0 Å². The molecule has 4 nitrogen and oxygen atoms in total. The van der Waals surface area contributed by atoms with Crippen LogP contribution in [0.2, 0.25) is 0 Å². The number of hydrogen-bond donors (Lipinski definition) is 2. The largest absolute Gasteiger partial charge is 0.356 e. The summed E-state index contributed by atoms with van der Waals surface area (Å²) in [4.78, 5) is 14.2. The fourth-order valence-corrected chi connectivity index (χ4v) is 2.40. The van der Waals surface area contributed by atoms with Crippen molar-refractivity contribution in [1.29, 1.82) is 0 Å². The zero-order valence-electron chi connectivity index (χ0n) is 11.4. The third-order valence-electron chi connectivity index (χ3n) is 3.54. The number of amides is 1. The van der Waals surface area contributed by atoms with E-state index < -0.39 is 0 Å². The van der Waals surface area contributed by atoms with Gasteiger partial charge in [-0.05, 0) is 45.3 Å². The molecule has 1 rings (SSSR count). The smallest absolute Gasteiger partial charge is 0.223 e. The minimum absolute atomic E-state index is 0.208. The van der Waals surface area contributed by atoms with Gasteiger partial charge in [0.2, 0.25) is 5.91 Å². The first-order chi connectivity index (χ1) is 8.77. The summed E-state index contributed by atoms with van der Waals surface area (Å²) in [5, 5.41) is 3.05. The number of unbranched alkanes of at least 4 members (excludes halogenated alkanes) is 2. The maximum Gasteiger partial charge on any atom is 0.223 e. The van der Waals surface area contributed by atoms with Gasteiger partial charge < -0.3 is 14.4 Å². The number of carbonyl (C=O) groups excluding carboxylic acids is 1. The Bertz CT molecular complexity index is 231. The van der Waals surface area contributed by atoms with Crippen LogP contribution in [-0.4, -0.2) is 43.6 Å².